The molecule has 0 aromatic rings. The molecule has 2 unspecified atom stereocenters. The van der Waals surface area contributed by atoms with Gasteiger partial charge in [0, 0.05) is 13.2 Å². The summed E-state index contributed by atoms with van der Waals surface area (Å²) in [5.41, 5.74) is 0. The van der Waals surface area contributed by atoms with E-state index in [4.69, 9.17) is 9.84 Å². The summed E-state index contributed by atoms with van der Waals surface area (Å²) in [5, 5.41) is 8.75. The number of hydrogen-bond acceptors (Lipinski definition) is 2. The molecule has 0 amide bonds. The van der Waals surface area contributed by atoms with Crippen LogP contribution in [0.3, 0.4) is 0 Å². The Bertz CT molecular complexity index is 93.8. The molecule has 74 valence electrons. The van der Waals surface area contributed by atoms with Crippen molar-refractivity contribution in [3.63, 3.8) is 0 Å². The van der Waals surface area contributed by atoms with Gasteiger partial charge in [-0.15, -0.1) is 0 Å². The fraction of sp³-hybridized carbons (Fsp3) is 1.00. The average Bonchev–Trinajstić information content (AvgIpc) is 2.04. The van der Waals surface area contributed by atoms with Crippen LogP contribution in [0.25, 0.3) is 0 Å². The molecule has 2 atom stereocenters. The molecular weight excluding hydrogens is 152 g/mol. The quantitative estimate of drug-likeness (QED) is 0.641. The van der Waals surface area contributed by atoms with Crippen molar-refractivity contribution < 1.29 is 9.84 Å². The highest BCUT2D eigenvalue weighted by molar-refractivity contribution is 4.52. The first-order valence-corrected chi connectivity index (χ1v) is 4.93. The van der Waals surface area contributed by atoms with Crippen molar-refractivity contribution in [2.75, 3.05) is 13.2 Å². The second kappa shape index (κ2) is 7.56. The Labute approximate surface area is 75.9 Å². The SMILES string of the molecule is CCCC(C)OCCC(C)CO. The Balaban J connectivity index is 3.18. The Hall–Kier alpha value is -0.0800. The van der Waals surface area contributed by atoms with Crippen LogP contribution in [-0.4, -0.2) is 24.4 Å². The van der Waals surface area contributed by atoms with E-state index >= 15 is 0 Å². The smallest absolute Gasteiger partial charge is 0.0546 e. The summed E-state index contributed by atoms with van der Waals surface area (Å²) in [6.45, 7) is 7.35. The van der Waals surface area contributed by atoms with E-state index in [0.717, 1.165) is 19.4 Å². The van der Waals surface area contributed by atoms with E-state index in [1.54, 1.807) is 0 Å². The fourth-order valence-corrected chi connectivity index (χ4v) is 1.05. The lowest BCUT2D eigenvalue weighted by molar-refractivity contribution is 0.0469. The first kappa shape index (κ1) is 11.9. The van der Waals surface area contributed by atoms with Crippen molar-refractivity contribution in [3.05, 3.63) is 0 Å². The number of ether oxygens (including phenoxy) is 1. The lowest BCUT2D eigenvalue weighted by atomic mass is 10.1. The first-order chi connectivity index (χ1) is 5.70. The fourth-order valence-electron chi connectivity index (χ4n) is 1.05. The van der Waals surface area contributed by atoms with Crippen molar-refractivity contribution in [2.24, 2.45) is 5.92 Å². The van der Waals surface area contributed by atoms with E-state index in [1.165, 1.54) is 6.42 Å². The molecule has 0 aromatic heterocycles. The molecule has 12 heavy (non-hydrogen) atoms. The summed E-state index contributed by atoms with van der Waals surface area (Å²) in [7, 11) is 0. The number of aliphatic hydroxyl groups is 1. The molecule has 0 heterocycles. The van der Waals surface area contributed by atoms with E-state index in [0.29, 0.717) is 12.0 Å². The standard InChI is InChI=1S/C10H22O2/c1-4-5-10(3)12-7-6-9(2)8-11/h9-11H,4-8H2,1-3H3. The zero-order valence-corrected chi connectivity index (χ0v) is 8.55. The zero-order valence-electron chi connectivity index (χ0n) is 8.55. The molecule has 2 nitrogen and oxygen atoms in total. The Kier molecular flexibility index (Phi) is 7.51. The average molecular weight is 174 g/mol. The van der Waals surface area contributed by atoms with Crippen LogP contribution in [0.15, 0.2) is 0 Å². The minimum absolute atomic E-state index is 0.269. The maximum atomic E-state index is 8.75. The number of rotatable bonds is 7. The van der Waals surface area contributed by atoms with Gasteiger partial charge >= 0.3 is 0 Å². The van der Waals surface area contributed by atoms with Crippen LogP contribution < -0.4 is 0 Å². The van der Waals surface area contributed by atoms with Gasteiger partial charge in [0.05, 0.1) is 6.10 Å². The summed E-state index contributed by atoms with van der Waals surface area (Å²) < 4.78 is 5.54. The highest BCUT2D eigenvalue weighted by Crippen LogP contribution is 2.05. The van der Waals surface area contributed by atoms with Crippen LogP contribution in [0.4, 0.5) is 0 Å². The van der Waals surface area contributed by atoms with Crippen molar-refractivity contribution in [1.82, 2.24) is 0 Å². The van der Waals surface area contributed by atoms with Crippen LogP contribution >= 0.6 is 0 Å². The van der Waals surface area contributed by atoms with Gasteiger partial charge in [-0.1, -0.05) is 20.3 Å². The molecule has 0 aliphatic carbocycles. The highest BCUT2D eigenvalue weighted by Gasteiger charge is 2.02. The Morgan fingerprint density at radius 3 is 2.42 bits per heavy atom. The molecular formula is C10H22O2. The topological polar surface area (TPSA) is 29.5 Å². The molecule has 0 saturated carbocycles. The molecule has 0 rings (SSSR count). The van der Waals surface area contributed by atoms with Gasteiger partial charge in [-0.3, -0.25) is 0 Å². The molecule has 0 fully saturated rings. The van der Waals surface area contributed by atoms with Crippen molar-refractivity contribution >= 4 is 0 Å². The summed E-state index contributed by atoms with van der Waals surface area (Å²) in [5.74, 6) is 0.374. The third-order valence-corrected chi connectivity index (χ3v) is 2.02. The van der Waals surface area contributed by atoms with E-state index in [1.807, 2.05) is 6.92 Å². The third kappa shape index (κ3) is 6.62. The molecule has 0 aromatic carbocycles. The molecule has 0 spiro atoms. The minimum Gasteiger partial charge on any atom is -0.396 e. The van der Waals surface area contributed by atoms with Gasteiger partial charge in [-0.05, 0) is 25.7 Å². The monoisotopic (exact) mass is 174 g/mol. The first-order valence-electron chi connectivity index (χ1n) is 4.93. The van der Waals surface area contributed by atoms with Crippen molar-refractivity contribution in [3.8, 4) is 0 Å². The van der Waals surface area contributed by atoms with Crippen molar-refractivity contribution in [1.29, 1.82) is 0 Å². The second-order valence-corrected chi connectivity index (χ2v) is 3.55. The summed E-state index contributed by atoms with van der Waals surface area (Å²) in [4.78, 5) is 0. The van der Waals surface area contributed by atoms with E-state index < -0.39 is 0 Å². The molecule has 2 heteroatoms. The van der Waals surface area contributed by atoms with Gasteiger partial charge in [0.25, 0.3) is 0 Å². The van der Waals surface area contributed by atoms with Gasteiger partial charge < -0.3 is 9.84 Å². The second-order valence-electron chi connectivity index (χ2n) is 3.55. The molecule has 0 aliphatic heterocycles. The molecule has 0 saturated heterocycles. The molecule has 0 bridgehead atoms. The van der Waals surface area contributed by atoms with Gasteiger partial charge in [0.15, 0.2) is 0 Å². The zero-order chi connectivity index (χ0) is 9.40. The maximum Gasteiger partial charge on any atom is 0.0546 e. The summed E-state index contributed by atoms with van der Waals surface area (Å²) in [6.07, 6.45) is 3.65. The highest BCUT2D eigenvalue weighted by atomic mass is 16.5. The molecule has 0 aliphatic rings. The minimum atomic E-state index is 0.269. The third-order valence-electron chi connectivity index (χ3n) is 2.02. The number of aliphatic hydroxyl groups excluding tert-OH is 1. The van der Waals surface area contributed by atoms with E-state index in [2.05, 4.69) is 13.8 Å². The molecule has 0 radical (unpaired) electrons. The van der Waals surface area contributed by atoms with E-state index in [-0.39, 0.29) is 6.61 Å². The summed E-state index contributed by atoms with van der Waals surface area (Å²) in [6, 6.07) is 0. The number of hydrogen-bond donors (Lipinski definition) is 1. The lowest BCUT2D eigenvalue weighted by Gasteiger charge is -2.13. The van der Waals surface area contributed by atoms with Crippen LogP contribution in [0.5, 0.6) is 0 Å². The maximum absolute atomic E-state index is 8.75. The van der Waals surface area contributed by atoms with Gasteiger partial charge in [0.2, 0.25) is 0 Å². The predicted molar refractivity (Wildman–Crippen MR) is 51.2 cm³/mol. The Morgan fingerprint density at radius 1 is 1.25 bits per heavy atom. The van der Waals surface area contributed by atoms with Crippen LogP contribution in [0.1, 0.15) is 40.0 Å². The van der Waals surface area contributed by atoms with Gasteiger partial charge in [0.1, 0.15) is 0 Å². The van der Waals surface area contributed by atoms with Gasteiger partial charge in [-0.25, -0.2) is 0 Å². The summed E-state index contributed by atoms with van der Waals surface area (Å²) >= 11 is 0. The van der Waals surface area contributed by atoms with Crippen LogP contribution in [0, 0.1) is 5.92 Å². The molecule has 1 N–H and O–H groups in total. The lowest BCUT2D eigenvalue weighted by Crippen LogP contribution is -2.12. The van der Waals surface area contributed by atoms with Crippen molar-refractivity contribution in [2.45, 2.75) is 46.1 Å². The predicted octanol–water partition coefficient (Wildman–Crippen LogP) is 2.21. The van der Waals surface area contributed by atoms with Crippen LogP contribution in [0.2, 0.25) is 0 Å². The van der Waals surface area contributed by atoms with Gasteiger partial charge in [-0.2, -0.15) is 0 Å². The normalized spacial score (nSPS) is 16.0. The largest absolute Gasteiger partial charge is 0.396 e. The van der Waals surface area contributed by atoms with Crippen LogP contribution in [-0.2, 0) is 4.74 Å². The Morgan fingerprint density at radius 2 is 1.92 bits per heavy atom. The van der Waals surface area contributed by atoms with E-state index in [9.17, 15) is 0 Å².